The minimum Gasteiger partial charge on any atom is -0.461 e. The van der Waals surface area contributed by atoms with Crippen LogP contribution in [0.15, 0.2) is 42.5 Å². The number of non-ortho nitro benzene ring substituents is 2. The molecule has 11 nitrogen and oxygen atoms in total. The predicted octanol–water partition coefficient (Wildman–Crippen LogP) is 3.25. The molecule has 0 bridgehead atoms. The molecule has 0 saturated carbocycles. The van der Waals surface area contributed by atoms with E-state index in [1.165, 1.54) is 24.3 Å². The van der Waals surface area contributed by atoms with Crippen molar-refractivity contribution in [3.63, 3.8) is 0 Å². The van der Waals surface area contributed by atoms with Crippen LogP contribution in [0.4, 0.5) is 17.1 Å². The first-order valence-electron chi connectivity index (χ1n) is 9.49. The Labute approximate surface area is 177 Å². The number of nitro benzene ring substituents is 2. The van der Waals surface area contributed by atoms with Crippen molar-refractivity contribution in [2.24, 2.45) is 0 Å². The third kappa shape index (κ3) is 6.57. The zero-order chi connectivity index (χ0) is 23.0. The summed E-state index contributed by atoms with van der Waals surface area (Å²) in [5.74, 6) is -1.26. The Morgan fingerprint density at radius 3 is 1.97 bits per heavy atom. The summed E-state index contributed by atoms with van der Waals surface area (Å²) < 4.78 is 5.23. The number of carbonyl (C=O) groups excluding carboxylic acids is 2. The number of hydrogen-bond donors (Lipinski definition) is 1. The van der Waals surface area contributed by atoms with Crippen LogP contribution in [0.3, 0.4) is 0 Å². The normalized spacial score (nSPS) is 10.5. The second-order valence-corrected chi connectivity index (χ2v) is 6.45. The topological polar surface area (TPSA) is 145 Å². The molecule has 2 aromatic rings. The Morgan fingerprint density at radius 1 is 0.935 bits per heavy atom. The Bertz CT molecular complexity index is 940. The number of ether oxygens (including phenoxy) is 1. The van der Waals surface area contributed by atoms with Gasteiger partial charge >= 0.3 is 5.97 Å². The highest BCUT2D eigenvalue weighted by molar-refractivity contribution is 6.05. The number of nitro groups is 2. The van der Waals surface area contributed by atoms with Gasteiger partial charge in [0.15, 0.2) is 0 Å². The van der Waals surface area contributed by atoms with Crippen molar-refractivity contribution >= 4 is 28.9 Å². The van der Waals surface area contributed by atoms with E-state index in [1.54, 1.807) is 0 Å². The van der Waals surface area contributed by atoms with Crippen molar-refractivity contribution in [2.75, 3.05) is 31.6 Å². The monoisotopic (exact) mass is 430 g/mol. The molecule has 0 atom stereocenters. The van der Waals surface area contributed by atoms with Crippen molar-refractivity contribution < 1.29 is 24.2 Å². The Morgan fingerprint density at radius 2 is 1.48 bits per heavy atom. The highest BCUT2D eigenvalue weighted by atomic mass is 16.6. The zero-order valence-corrected chi connectivity index (χ0v) is 17.1. The van der Waals surface area contributed by atoms with E-state index in [0.29, 0.717) is 17.8 Å². The lowest BCUT2D eigenvalue weighted by Gasteiger charge is -2.17. The summed E-state index contributed by atoms with van der Waals surface area (Å²) >= 11 is 0. The number of likely N-dealkylation sites (N-methyl/N-ethyl adjacent to an activating group) is 1. The van der Waals surface area contributed by atoms with E-state index in [4.69, 9.17) is 4.74 Å². The van der Waals surface area contributed by atoms with Gasteiger partial charge in [-0.15, -0.1) is 0 Å². The Balaban J connectivity index is 2.04. The molecule has 0 saturated heterocycles. The first-order valence-corrected chi connectivity index (χ1v) is 9.49. The summed E-state index contributed by atoms with van der Waals surface area (Å²) in [5.41, 5.74) is -0.771. The maximum atomic E-state index is 12.4. The van der Waals surface area contributed by atoms with Crippen LogP contribution in [0.25, 0.3) is 0 Å². The van der Waals surface area contributed by atoms with Crippen LogP contribution in [0.2, 0.25) is 0 Å². The van der Waals surface area contributed by atoms with Crippen molar-refractivity contribution in [3.8, 4) is 0 Å². The Hall–Kier alpha value is -3.86. The van der Waals surface area contributed by atoms with E-state index >= 15 is 0 Å². The fraction of sp³-hybridized carbons (Fsp3) is 0.300. The van der Waals surface area contributed by atoms with E-state index in [2.05, 4.69) is 10.2 Å². The molecular formula is C20H22N4O7. The fourth-order valence-corrected chi connectivity index (χ4v) is 2.72. The predicted molar refractivity (Wildman–Crippen MR) is 112 cm³/mol. The van der Waals surface area contributed by atoms with Crippen LogP contribution >= 0.6 is 0 Å². The van der Waals surface area contributed by atoms with E-state index in [9.17, 15) is 29.8 Å². The molecule has 0 aliphatic carbocycles. The first-order chi connectivity index (χ1) is 14.7. The molecule has 31 heavy (non-hydrogen) atoms. The van der Waals surface area contributed by atoms with Gasteiger partial charge in [0.1, 0.15) is 6.61 Å². The summed E-state index contributed by atoms with van der Waals surface area (Å²) in [4.78, 5) is 46.9. The smallest absolute Gasteiger partial charge is 0.338 e. The second kappa shape index (κ2) is 10.8. The van der Waals surface area contributed by atoms with Gasteiger partial charge in [-0.05, 0) is 37.4 Å². The molecule has 2 rings (SSSR count). The molecule has 11 heteroatoms. The van der Waals surface area contributed by atoms with Crippen LogP contribution in [0, 0.1) is 20.2 Å². The molecule has 0 unspecified atom stereocenters. The van der Waals surface area contributed by atoms with Crippen molar-refractivity contribution in [1.29, 1.82) is 0 Å². The Kier molecular flexibility index (Phi) is 8.15. The number of anilines is 1. The molecule has 0 spiro atoms. The van der Waals surface area contributed by atoms with Gasteiger partial charge in [-0.3, -0.25) is 25.0 Å². The lowest BCUT2D eigenvalue weighted by molar-refractivity contribution is -0.394. The largest absolute Gasteiger partial charge is 0.461 e. The molecule has 0 heterocycles. The fourth-order valence-electron chi connectivity index (χ4n) is 2.72. The van der Waals surface area contributed by atoms with Gasteiger partial charge in [0.2, 0.25) is 0 Å². The van der Waals surface area contributed by atoms with E-state index in [-0.39, 0.29) is 12.2 Å². The van der Waals surface area contributed by atoms with Crippen molar-refractivity contribution in [3.05, 3.63) is 73.8 Å². The van der Waals surface area contributed by atoms with Gasteiger partial charge in [0, 0.05) is 24.4 Å². The third-order valence-electron chi connectivity index (χ3n) is 4.50. The number of nitrogens with zero attached hydrogens (tertiary/aromatic N) is 3. The lowest BCUT2D eigenvalue weighted by Crippen LogP contribution is -2.27. The molecule has 2 aromatic carbocycles. The molecule has 0 radical (unpaired) electrons. The van der Waals surface area contributed by atoms with Gasteiger partial charge in [0.05, 0.1) is 27.0 Å². The van der Waals surface area contributed by atoms with Gasteiger partial charge in [-0.25, -0.2) is 4.79 Å². The summed E-state index contributed by atoms with van der Waals surface area (Å²) in [5, 5.41) is 24.4. The number of esters is 1. The van der Waals surface area contributed by atoms with E-state index in [1.807, 2.05) is 13.8 Å². The summed E-state index contributed by atoms with van der Waals surface area (Å²) in [6.45, 7) is 6.63. The molecule has 0 aliphatic heterocycles. The number of amides is 1. The van der Waals surface area contributed by atoms with Gasteiger partial charge in [-0.1, -0.05) is 13.8 Å². The molecule has 164 valence electrons. The lowest BCUT2D eigenvalue weighted by atomic mass is 10.1. The maximum Gasteiger partial charge on any atom is 0.338 e. The molecule has 0 fully saturated rings. The number of nitrogens with one attached hydrogen (secondary N) is 1. The molecule has 1 N–H and O–H groups in total. The average molecular weight is 430 g/mol. The summed E-state index contributed by atoms with van der Waals surface area (Å²) in [6.07, 6.45) is 0. The first kappa shape index (κ1) is 23.4. The third-order valence-corrected chi connectivity index (χ3v) is 4.50. The SMILES string of the molecule is CCN(CC)CCOC(=O)c1ccc(NC(=O)c2cc([N+](=O)[O-])cc([N+](=O)[O-])c2)cc1. The average Bonchev–Trinajstić information content (AvgIpc) is 2.76. The number of hydrogen-bond acceptors (Lipinski definition) is 8. The van der Waals surface area contributed by atoms with Crippen LogP contribution in [-0.4, -0.2) is 52.9 Å². The van der Waals surface area contributed by atoms with Gasteiger partial charge < -0.3 is 15.0 Å². The second-order valence-electron chi connectivity index (χ2n) is 6.45. The van der Waals surface area contributed by atoms with Crippen molar-refractivity contribution in [2.45, 2.75) is 13.8 Å². The molecule has 0 aliphatic rings. The molecule has 1 amide bonds. The van der Waals surface area contributed by atoms with Crippen molar-refractivity contribution in [1.82, 2.24) is 4.90 Å². The minimum atomic E-state index is -0.815. The summed E-state index contributed by atoms with van der Waals surface area (Å²) in [6, 6.07) is 8.52. The standard InChI is InChI=1S/C20H22N4O7/c1-3-22(4-2)9-10-31-20(26)14-5-7-16(8-6-14)21-19(25)15-11-17(23(27)28)13-18(12-15)24(29)30/h5-8,11-13H,3-4,9-10H2,1-2H3,(H,21,25). The van der Waals surface area contributed by atoms with Crippen LogP contribution in [0.5, 0.6) is 0 Å². The zero-order valence-electron chi connectivity index (χ0n) is 17.1. The van der Waals surface area contributed by atoms with Gasteiger partial charge in [-0.2, -0.15) is 0 Å². The van der Waals surface area contributed by atoms with Crippen LogP contribution < -0.4 is 5.32 Å². The minimum absolute atomic E-state index is 0.235. The highest BCUT2D eigenvalue weighted by Crippen LogP contribution is 2.23. The van der Waals surface area contributed by atoms with E-state index in [0.717, 1.165) is 31.3 Å². The van der Waals surface area contributed by atoms with Crippen LogP contribution in [0.1, 0.15) is 34.6 Å². The molecular weight excluding hydrogens is 408 g/mol. The number of benzene rings is 2. The van der Waals surface area contributed by atoms with E-state index < -0.39 is 33.1 Å². The van der Waals surface area contributed by atoms with Crippen LogP contribution in [-0.2, 0) is 4.74 Å². The quantitative estimate of drug-likeness (QED) is 0.343. The highest BCUT2D eigenvalue weighted by Gasteiger charge is 2.20. The summed E-state index contributed by atoms with van der Waals surface area (Å²) in [7, 11) is 0. The van der Waals surface area contributed by atoms with Gasteiger partial charge in [0.25, 0.3) is 17.3 Å². The maximum absolute atomic E-state index is 12.4. The number of rotatable bonds is 10. The number of carbonyl (C=O) groups is 2. The molecule has 0 aromatic heterocycles.